The largest absolute Gasteiger partial charge is 0.494 e. The molecule has 1 aromatic heterocycles. The molecule has 0 radical (unpaired) electrons. The normalized spacial score (nSPS) is 11.1. The van der Waals surface area contributed by atoms with Crippen LogP contribution in [-0.4, -0.2) is 11.6 Å². The predicted octanol–water partition coefficient (Wildman–Crippen LogP) is 5.27. The molecule has 0 N–H and O–H groups in total. The Hall–Kier alpha value is -2.90. The molecular formula is C20H16N2OS. The van der Waals surface area contributed by atoms with Crippen LogP contribution in [0.25, 0.3) is 22.9 Å². The molecule has 0 aliphatic carbocycles. The van der Waals surface area contributed by atoms with Crippen molar-refractivity contribution in [3.63, 3.8) is 0 Å². The van der Waals surface area contributed by atoms with Crippen molar-refractivity contribution in [2.24, 2.45) is 0 Å². The van der Waals surface area contributed by atoms with Gasteiger partial charge in [0.15, 0.2) is 0 Å². The van der Waals surface area contributed by atoms with E-state index in [0.717, 1.165) is 27.6 Å². The van der Waals surface area contributed by atoms with Gasteiger partial charge in [-0.3, -0.25) is 0 Å². The smallest absolute Gasteiger partial charge is 0.134 e. The molecule has 0 bridgehead atoms. The fourth-order valence-electron chi connectivity index (χ4n) is 2.31. The van der Waals surface area contributed by atoms with Crippen LogP contribution in [0.15, 0.2) is 60.0 Å². The minimum absolute atomic E-state index is 0.552. The maximum atomic E-state index is 9.51. The van der Waals surface area contributed by atoms with Gasteiger partial charge in [0.25, 0.3) is 0 Å². The maximum absolute atomic E-state index is 9.51. The fraction of sp³-hybridized carbons (Fsp3) is 0.100. The zero-order valence-electron chi connectivity index (χ0n) is 13.3. The Bertz CT molecular complexity index is 891. The van der Waals surface area contributed by atoms with Gasteiger partial charge < -0.3 is 4.74 Å². The molecular weight excluding hydrogens is 316 g/mol. The molecule has 4 heteroatoms. The minimum atomic E-state index is 0.552. The molecule has 0 spiro atoms. The summed E-state index contributed by atoms with van der Waals surface area (Å²) in [4.78, 5) is 4.60. The van der Waals surface area contributed by atoms with Crippen molar-refractivity contribution in [2.45, 2.75) is 6.92 Å². The van der Waals surface area contributed by atoms with E-state index < -0.39 is 0 Å². The molecule has 2 aromatic carbocycles. The highest BCUT2D eigenvalue weighted by Crippen LogP contribution is 2.27. The molecule has 24 heavy (non-hydrogen) atoms. The topological polar surface area (TPSA) is 45.9 Å². The monoisotopic (exact) mass is 332 g/mol. The number of thiazole rings is 1. The lowest BCUT2D eigenvalue weighted by molar-refractivity contribution is 0.340. The molecule has 0 atom stereocenters. The van der Waals surface area contributed by atoms with E-state index in [2.05, 4.69) is 11.1 Å². The van der Waals surface area contributed by atoms with Crippen LogP contribution in [0.3, 0.4) is 0 Å². The second-order valence-corrected chi connectivity index (χ2v) is 5.94. The highest BCUT2D eigenvalue weighted by molar-refractivity contribution is 7.11. The van der Waals surface area contributed by atoms with Gasteiger partial charge in [-0.1, -0.05) is 42.5 Å². The number of allylic oxidation sites excluding steroid dienone is 1. The number of rotatable bonds is 5. The van der Waals surface area contributed by atoms with Gasteiger partial charge in [-0.25, -0.2) is 4.98 Å². The molecule has 3 nitrogen and oxygen atoms in total. The summed E-state index contributed by atoms with van der Waals surface area (Å²) in [6.45, 7) is 2.56. The number of nitrogens with zero attached hydrogens (tertiary/aromatic N) is 2. The van der Waals surface area contributed by atoms with E-state index in [1.807, 2.05) is 73.0 Å². The lowest BCUT2D eigenvalue weighted by Gasteiger charge is -2.03. The van der Waals surface area contributed by atoms with Gasteiger partial charge >= 0.3 is 0 Å². The third-order valence-corrected chi connectivity index (χ3v) is 4.28. The Labute approximate surface area is 145 Å². The number of hydrogen-bond donors (Lipinski definition) is 0. The first-order valence-corrected chi connectivity index (χ1v) is 8.54. The molecule has 0 unspecified atom stereocenters. The average molecular weight is 332 g/mol. The van der Waals surface area contributed by atoms with Crippen molar-refractivity contribution in [3.05, 3.63) is 70.5 Å². The van der Waals surface area contributed by atoms with E-state index in [1.54, 1.807) is 0 Å². The summed E-state index contributed by atoms with van der Waals surface area (Å²) in [7, 11) is 0. The van der Waals surface area contributed by atoms with Crippen molar-refractivity contribution in [1.29, 1.82) is 5.26 Å². The van der Waals surface area contributed by atoms with Crippen molar-refractivity contribution in [1.82, 2.24) is 4.98 Å². The van der Waals surface area contributed by atoms with Crippen molar-refractivity contribution in [3.8, 4) is 23.1 Å². The molecule has 3 aromatic rings. The zero-order chi connectivity index (χ0) is 16.8. The SMILES string of the molecule is CCOc1cccc(/C=C(\C#N)c2nc(-c3ccccc3)cs2)c1. The molecule has 0 saturated heterocycles. The van der Waals surface area contributed by atoms with Crippen molar-refractivity contribution in [2.75, 3.05) is 6.61 Å². The molecule has 0 aliphatic rings. The van der Waals surface area contributed by atoms with E-state index in [-0.39, 0.29) is 0 Å². The second-order valence-electron chi connectivity index (χ2n) is 5.08. The number of nitriles is 1. The van der Waals surface area contributed by atoms with Crippen LogP contribution in [0, 0.1) is 11.3 Å². The van der Waals surface area contributed by atoms with Gasteiger partial charge in [0, 0.05) is 10.9 Å². The number of hydrogen-bond acceptors (Lipinski definition) is 4. The Morgan fingerprint density at radius 1 is 1.21 bits per heavy atom. The number of aromatic nitrogens is 1. The van der Waals surface area contributed by atoms with E-state index in [0.29, 0.717) is 12.2 Å². The summed E-state index contributed by atoms with van der Waals surface area (Å²) in [6, 6.07) is 19.9. The zero-order valence-corrected chi connectivity index (χ0v) is 14.1. The predicted molar refractivity (Wildman–Crippen MR) is 98.6 cm³/mol. The quantitative estimate of drug-likeness (QED) is 0.598. The van der Waals surface area contributed by atoms with Crippen LogP contribution in [-0.2, 0) is 0 Å². The molecule has 0 aliphatic heterocycles. The summed E-state index contributed by atoms with van der Waals surface area (Å²) in [5.74, 6) is 0.799. The average Bonchev–Trinajstić information content (AvgIpc) is 3.11. The van der Waals surface area contributed by atoms with Crippen LogP contribution >= 0.6 is 11.3 Å². The van der Waals surface area contributed by atoms with Crippen LogP contribution in [0.5, 0.6) is 5.75 Å². The minimum Gasteiger partial charge on any atom is -0.494 e. The molecule has 0 fully saturated rings. The first-order valence-electron chi connectivity index (χ1n) is 7.66. The van der Waals surface area contributed by atoms with Crippen molar-refractivity contribution < 1.29 is 4.74 Å². The molecule has 0 saturated carbocycles. The maximum Gasteiger partial charge on any atom is 0.134 e. The fourth-order valence-corrected chi connectivity index (χ4v) is 3.10. The van der Waals surface area contributed by atoms with Gasteiger partial charge in [-0.2, -0.15) is 5.26 Å². The van der Waals surface area contributed by atoms with E-state index in [9.17, 15) is 5.26 Å². The Kier molecular flexibility index (Phi) is 5.05. The van der Waals surface area contributed by atoms with Gasteiger partial charge in [-0.05, 0) is 30.7 Å². The number of ether oxygens (including phenoxy) is 1. The molecule has 3 rings (SSSR count). The summed E-state index contributed by atoms with van der Waals surface area (Å²) < 4.78 is 5.50. The standard InChI is InChI=1S/C20H16N2OS/c1-2-23-18-10-6-7-15(12-18)11-17(13-21)20-22-19(14-24-20)16-8-4-3-5-9-16/h3-12,14H,2H2,1H3/b17-11+. The summed E-state index contributed by atoms with van der Waals surface area (Å²) in [5, 5.41) is 12.2. The van der Waals surface area contributed by atoms with E-state index in [1.165, 1.54) is 11.3 Å². The third kappa shape index (κ3) is 3.70. The summed E-state index contributed by atoms with van der Waals surface area (Å²) >= 11 is 1.48. The first-order chi connectivity index (χ1) is 11.8. The lowest BCUT2D eigenvalue weighted by atomic mass is 10.1. The van der Waals surface area contributed by atoms with Gasteiger partial charge in [0.05, 0.1) is 17.9 Å². The van der Waals surface area contributed by atoms with E-state index >= 15 is 0 Å². The molecule has 1 heterocycles. The Balaban J connectivity index is 1.91. The first kappa shape index (κ1) is 16.0. The van der Waals surface area contributed by atoms with Crippen LogP contribution < -0.4 is 4.74 Å². The van der Waals surface area contributed by atoms with Crippen LogP contribution in [0.2, 0.25) is 0 Å². The molecule has 0 amide bonds. The summed E-state index contributed by atoms with van der Waals surface area (Å²) in [5.41, 5.74) is 3.42. The highest BCUT2D eigenvalue weighted by Gasteiger charge is 2.09. The lowest BCUT2D eigenvalue weighted by Crippen LogP contribution is -1.91. The van der Waals surface area contributed by atoms with Crippen LogP contribution in [0.4, 0.5) is 0 Å². The second kappa shape index (κ2) is 7.58. The Morgan fingerprint density at radius 3 is 2.79 bits per heavy atom. The number of benzene rings is 2. The van der Waals surface area contributed by atoms with Gasteiger partial charge in [0.1, 0.15) is 16.8 Å². The van der Waals surface area contributed by atoms with Gasteiger partial charge in [0.2, 0.25) is 0 Å². The third-order valence-electron chi connectivity index (χ3n) is 3.40. The van der Waals surface area contributed by atoms with Gasteiger partial charge in [-0.15, -0.1) is 11.3 Å². The summed E-state index contributed by atoms with van der Waals surface area (Å²) in [6.07, 6.45) is 1.84. The van der Waals surface area contributed by atoms with E-state index in [4.69, 9.17) is 4.74 Å². The molecule has 118 valence electrons. The van der Waals surface area contributed by atoms with Crippen molar-refractivity contribution >= 4 is 23.0 Å². The van der Waals surface area contributed by atoms with Crippen LogP contribution in [0.1, 0.15) is 17.5 Å². The highest BCUT2D eigenvalue weighted by atomic mass is 32.1. The Morgan fingerprint density at radius 2 is 2.04 bits per heavy atom.